The molecule has 2 aliphatic heterocycles. The lowest BCUT2D eigenvalue weighted by molar-refractivity contribution is 0.231. The molecule has 1 N–H and O–H groups in total. The number of nitrogens with zero attached hydrogens (tertiary/aromatic N) is 3. The fourth-order valence-corrected chi connectivity index (χ4v) is 2.98. The largest absolute Gasteiger partial charge is 0.373 e. The van der Waals surface area contributed by atoms with Crippen LogP contribution in [0.25, 0.3) is 0 Å². The van der Waals surface area contributed by atoms with Gasteiger partial charge >= 0.3 is 0 Å². The number of fused-ring (bicyclic) bond motifs is 1. The van der Waals surface area contributed by atoms with Crippen molar-refractivity contribution in [1.29, 1.82) is 0 Å². The predicted octanol–water partition coefficient (Wildman–Crippen LogP) is 1.41. The Morgan fingerprint density at radius 2 is 2.29 bits per heavy atom. The molecule has 3 rings (SSSR count). The lowest BCUT2D eigenvalue weighted by atomic mass is 10.1. The van der Waals surface area contributed by atoms with E-state index >= 15 is 0 Å². The van der Waals surface area contributed by atoms with Gasteiger partial charge in [-0.25, -0.2) is 4.98 Å². The molecule has 0 aromatic carbocycles. The molecule has 0 amide bonds. The number of piperazine rings is 1. The predicted molar refractivity (Wildman–Crippen MR) is 70.6 cm³/mol. The Kier molecular flexibility index (Phi) is 2.89. The molecule has 17 heavy (non-hydrogen) atoms. The number of anilines is 2. The molecule has 0 spiro atoms. The van der Waals surface area contributed by atoms with Gasteiger partial charge < -0.3 is 10.2 Å². The highest BCUT2D eigenvalue weighted by molar-refractivity contribution is 5.54. The molecule has 4 nitrogen and oxygen atoms in total. The molecule has 4 heteroatoms. The van der Waals surface area contributed by atoms with Crippen LogP contribution in [0.1, 0.15) is 12.8 Å². The van der Waals surface area contributed by atoms with Crippen LogP contribution in [-0.2, 0) is 0 Å². The molecule has 0 aliphatic carbocycles. The summed E-state index contributed by atoms with van der Waals surface area (Å²) in [5, 5.41) is 3.10. The van der Waals surface area contributed by atoms with Gasteiger partial charge in [0.1, 0.15) is 5.82 Å². The maximum absolute atomic E-state index is 4.27. The Morgan fingerprint density at radius 3 is 3.18 bits per heavy atom. The van der Waals surface area contributed by atoms with E-state index in [1.807, 2.05) is 13.2 Å². The average Bonchev–Trinajstić information content (AvgIpc) is 2.86. The zero-order valence-electron chi connectivity index (χ0n) is 10.4. The van der Waals surface area contributed by atoms with Crippen molar-refractivity contribution in [1.82, 2.24) is 9.88 Å². The normalized spacial score (nSPS) is 24.8. The van der Waals surface area contributed by atoms with Crippen molar-refractivity contribution in [2.24, 2.45) is 0 Å². The molecular formula is C13H20N4. The standard InChI is InChI=1S/C13H20N4/c1-14-13-9-11(4-5-15-13)17-8-7-16-6-2-3-12(16)10-17/h4-5,9,12H,2-3,6-8,10H2,1H3,(H,14,15). The Labute approximate surface area is 103 Å². The highest BCUT2D eigenvalue weighted by Crippen LogP contribution is 2.26. The van der Waals surface area contributed by atoms with E-state index in [1.54, 1.807) is 0 Å². The van der Waals surface area contributed by atoms with Gasteiger partial charge in [-0.15, -0.1) is 0 Å². The SMILES string of the molecule is CNc1cc(N2CCN3CCCC3C2)ccn1. The molecule has 1 aromatic rings. The van der Waals surface area contributed by atoms with E-state index in [4.69, 9.17) is 0 Å². The van der Waals surface area contributed by atoms with Crippen molar-refractivity contribution >= 4 is 11.5 Å². The van der Waals surface area contributed by atoms with Gasteiger partial charge in [0.15, 0.2) is 0 Å². The lowest BCUT2D eigenvalue weighted by Crippen LogP contribution is -2.50. The first kappa shape index (κ1) is 10.8. The third-order valence-electron chi connectivity index (χ3n) is 3.95. The summed E-state index contributed by atoms with van der Waals surface area (Å²) in [5.41, 5.74) is 1.30. The number of aromatic nitrogens is 1. The van der Waals surface area contributed by atoms with E-state index in [-0.39, 0.29) is 0 Å². The third kappa shape index (κ3) is 2.09. The summed E-state index contributed by atoms with van der Waals surface area (Å²) >= 11 is 0. The Morgan fingerprint density at radius 1 is 1.35 bits per heavy atom. The minimum Gasteiger partial charge on any atom is -0.373 e. The van der Waals surface area contributed by atoms with Gasteiger partial charge in [0.2, 0.25) is 0 Å². The minimum atomic E-state index is 0.773. The van der Waals surface area contributed by atoms with Gasteiger partial charge in [0.05, 0.1) is 0 Å². The molecule has 2 fully saturated rings. The van der Waals surface area contributed by atoms with E-state index in [2.05, 4.69) is 32.2 Å². The van der Waals surface area contributed by atoms with Crippen LogP contribution in [0.5, 0.6) is 0 Å². The third-order valence-corrected chi connectivity index (χ3v) is 3.95. The molecule has 2 saturated heterocycles. The molecular weight excluding hydrogens is 212 g/mol. The van der Waals surface area contributed by atoms with Crippen molar-refractivity contribution in [3.63, 3.8) is 0 Å². The average molecular weight is 232 g/mol. The molecule has 92 valence electrons. The Bertz CT molecular complexity index is 393. The molecule has 1 atom stereocenters. The van der Waals surface area contributed by atoms with Gasteiger partial charge in [-0.2, -0.15) is 0 Å². The highest BCUT2D eigenvalue weighted by Gasteiger charge is 2.30. The van der Waals surface area contributed by atoms with Crippen molar-refractivity contribution in [2.45, 2.75) is 18.9 Å². The summed E-state index contributed by atoms with van der Waals surface area (Å²) in [6.45, 7) is 4.83. The van der Waals surface area contributed by atoms with Crippen LogP contribution in [0, 0.1) is 0 Å². The molecule has 0 saturated carbocycles. The van der Waals surface area contributed by atoms with Crippen LogP contribution in [0.4, 0.5) is 11.5 Å². The fraction of sp³-hybridized carbons (Fsp3) is 0.615. The number of nitrogens with one attached hydrogen (secondary N) is 1. The number of hydrogen-bond acceptors (Lipinski definition) is 4. The topological polar surface area (TPSA) is 31.4 Å². The van der Waals surface area contributed by atoms with Crippen LogP contribution in [0.2, 0.25) is 0 Å². The fourth-order valence-electron chi connectivity index (χ4n) is 2.98. The van der Waals surface area contributed by atoms with Crippen LogP contribution in [0.3, 0.4) is 0 Å². The monoisotopic (exact) mass is 232 g/mol. The minimum absolute atomic E-state index is 0.773. The van der Waals surface area contributed by atoms with E-state index in [1.165, 1.54) is 38.2 Å². The summed E-state index contributed by atoms with van der Waals surface area (Å²) < 4.78 is 0. The maximum Gasteiger partial charge on any atom is 0.127 e. The van der Waals surface area contributed by atoms with Crippen molar-refractivity contribution in [3.05, 3.63) is 18.3 Å². The number of hydrogen-bond donors (Lipinski definition) is 1. The van der Waals surface area contributed by atoms with Crippen LogP contribution < -0.4 is 10.2 Å². The lowest BCUT2D eigenvalue weighted by Gasteiger charge is -2.38. The second-order valence-electron chi connectivity index (χ2n) is 4.93. The highest BCUT2D eigenvalue weighted by atomic mass is 15.3. The first-order valence-corrected chi connectivity index (χ1v) is 6.49. The van der Waals surface area contributed by atoms with Crippen LogP contribution >= 0.6 is 0 Å². The molecule has 0 radical (unpaired) electrons. The van der Waals surface area contributed by atoms with E-state index in [9.17, 15) is 0 Å². The first-order valence-electron chi connectivity index (χ1n) is 6.49. The Balaban J connectivity index is 1.75. The van der Waals surface area contributed by atoms with Gasteiger partial charge in [-0.3, -0.25) is 4.90 Å². The van der Waals surface area contributed by atoms with Gasteiger partial charge in [-0.1, -0.05) is 0 Å². The van der Waals surface area contributed by atoms with E-state index in [0.717, 1.165) is 18.4 Å². The zero-order valence-corrected chi connectivity index (χ0v) is 10.4. The zero-order chi connectivity index (χ0) is 11.7. The number of pyridine rings is 1. The van der Waals surface area contributed by atoms with Crippen molar-refractivity contribution in [2.75, 3.05) is 43.4 Å². The second kappa shape index (κ2) is 4.53. The van der Waals surface area contributed by atoms with Gasteiger partial charge in [-0.05, 0) is 25.5 Å². The molecule has 3 heterocycles. The van der Waals surface area contributed by atoms with E-state index < -0.39 is 0 Å². The molecule has 0 bridgehead atoms. The molecule has 1 unspecified atom stereocenters. The summed E-state index contributed by atoms with van der Waals surface area (Å²) in [4.78, 5) is 9.40. The van der Waals surface area contributed by atoms with Gasteiger partial charge in [0.25, 0.3) is 0 Å². The first-order chi connectivity index (χ1) is 8.36. The van der Waals surface area contributed by atoms with E-state index in [0.29, 0.717) is 0 Å². The Hall–Kier alpha value is -1.29. The maximum atomic E-state index is 4.27. The summed E-state index contributed by atoms with van der Waals surface area (Å²) in [5.74, 6) is 0.955. The quantitative estimate of drug-likeness (QED) is 0.835. The summed E-state index contributed by atoms with van der Waals surface area (Å²) in [6, 6.07) is 5.03. The van der Waals surface area contributed by atoms with Crippen molar-refractivity contribution < 1.29 is 0 Å². The smallest absolute Gasteiger partial charge is 0.127 e. The number of rotatable bonds is 2. The molecule has 2 aliphatic rings. The molecule has 1 aromatic heterocycles. The second-order valence-corrected chi connectivity index (χ2v) is 4.93. The van der Waals surface area contributed by atoms with Gasteiger partial charge in [0, 0.05) is 50.7 Å². The van der Waals surface area contributed by atoms with Crippen LogP contribution in [0.15, 0.2) is 18.3 Å². The summed E-state index contributed by atoms with van der Waals surface area (Å²) in [6.07, 6.45) is 4.62. The van der Waals surface area contributed by atoms with Crippen molar-refractivity contribution in [3.8, 4) is 0 Å². The van der Waals surface area contributed by atoms with Crippen LogP contribution in [-0.4, -0.2) is 49.2 Å². The summed E-state index contributed by atoms with van der Waals surface area (Å²) in [7, 11) is 1.92.